The van der Waals surface area contributed by atoms with Gasteiger partial charge in [0.2, 0.25) is 11.5 Å². The molecule has 0 bridgehead atoms. The van der Waals surface area contributed by atoms with Crippen molar-refractivity contribution >= 4 is 5.91 Å². The fraction of sp³-hybridized carbons (Fsp3) is 0.538. The smallest absolute Gasteiger partial charge is 0.247 e. The number of amides is 1. The predicted octanol–water partition coefficient (Wildman–Crippen LogP) is 0.509. The number of nitrogens with one attached hydrogen (secondary N) is 2. The number of carbonyl (C=O) groups is 1. The molecule has 1 aliphatic rings. The van der Waals surface area contributed by atoms with E-state index >= 15 is 0 Å². The molecular weight excluding hydrogens is 230 g/mol. The van der Waals surface area contributed by atoms with E-state index in [2.05, 4.69) is 10.3 Å². The summed E-state index contributed by atoms with van der Waals surface area (Å²) in [5, 5.41) is 2.85. The summed E-state index contributed by atoms with van der Waals surface area (Å²) >= 11 is 0. The van der Waals surface area contributed by atoms with Crippen molar-refractivity contribution < 1.29 is 4.79 Å². The van der Waals surface area contributed by atoms with Gasteiger partial charge in [0.15, 0.2) is 0 Å². The lowest BCUT2D eigenvalue weighted by Gasteiger charge is -2.14. The lowest BCUT2D eigenvalue weighted by atomic mass is 10.00. The molecule has 0 spiro atoms. The Morgan fingerprint density at radius 3 is 2.89 bits per heavy atom. The average Bonchev–Trinajstić information content (AvgIpc) is 2.74. The predicted molar refractivity (Wildman–Crippen MR) is 68.8 cm³/mol. The van der Waals surface area contributed by atoms with E-state index in [-0.39, 0.29) is 17.5 Å². The summed E-state index contributed by atoms with van der Waals surface area (Å²) in [7, 11) is 0. The second kappa shape index (κ2) is 5.82. The van der Waals surface area contributed by atoms with Gasteiger partial charge < -0.3 is 16.0 Å². The van der Waals surface area contributed by atoms with Gasteiger partial charge >= 0.3 is 0 Å². The van der Waals surface area contributed by atoms with Crippen LogP contribution in [0, 0.1) is 5.92 Å². The van der Waals surface area contributed by atoms with Crippen LogP contribution in [0.4, 0.5) is 0 Å². The zero-order valence-electron chi connectivity index (χ0n) is 10.3. The quantitative estimate of drug-likeness (QED) is 0.726. The van der Waals surface area contributed by atoms with Crippen LogP contribution < -0.4 is 16.6 Å². The maximum atomic E-state index is 11.7. The number of nitrogens with two attached hydrogens (primary N) is 1. The van der Waals surface area contributed by atoms with Crippen molar-refractivity contribution in [3.05, 3.63) is 34.2 Å². The Morgan fingerprint density at radius 1 is 1.44 bits per heavy atom. The first-order chi connectivity index (χ1) is 8.65. The Bertz CT molecular complexity index is 449. The van der Waals surface area contributed by atoms with Crippen LogP contribution in [0.15, 0.2) is 23.1 Å². The normalized spacial score (nSPS) is 22.9. The third-order valence-corrected chi connectivity index (χ3v) is 3.50. The van der Waals surface area contributed by atoms with Crippen LogP contribution in [-0.2, 0) is 11.3 Å². The van der Waals surface area contributed by atoms with Crippen molar-refractivity contribution in [2.45, 2.75) is 38.3 Å². The van der Waals surface area contributed by atoms with Crippen molar-refractivity contribution in [1.29, 1.82) is 0 Å². The number of rotatable bonds is 4. The largest absolute Gasteiger partial charge is 0.352 e. The molecule has 98 valence electrons. The lowest BCUT2D eigenvalue weighted by Crippen LogP contribution is -2.31. The number of H-pyrrole nitrogens is 1. The summed E-state index contributed by atoms with van der Waals surface area (Å²) in [5.41, 5.74) is 6.68. The van der Waals surface area contributed by atoms with Crippen LogP contribution in [0.3, 0.4) is 0 Å². The van der Waals surface area contributed by atoms with Crippen molar-refractivity contribution in [3.63, 3.8) is 0 Å². The van der Waals surface area contributed by atoms with E-state index in [0.717, 1.165) is 24.8 Å². The third kappa shape index (κ3) is 3.43. The second-order valence-electron chi connectivity index (χ2n) is 4.90. The van der Waals surface area contributed by atoms with Crippen molar-refractivity contribution in [1.82, 2.24) is 10.3 Å². The molecule has 18 heavy (non-hydrogen) atoms. The van der Waals surface area contributed by atoms with Crippen LogP contribution >= 0.6 is 0 Å². The number of aromatic amines is 1. The molecule has 1 aromatic rings. The van der Waals surface area contributed by atoms with Crippen LogP contribution in [0.5, 0.6) is 0 Å². The van der Waals surface area contributed by atoms with Gasteiger partial charge in [-0.05, 0) is 24.3 Å². The number of aromatic nitrogens is 1. The molecule has 0 saturated heterocycles. The summed E-state index contributed by atoms with van der Waals surface area (Å²) in [4.78, 5) is 25.2. The number of pyridine rings is 1. The van der Waals surface area contributed by atoms with Gasteiger partial charge in [-0.1, -0.05) is 12.5 Å². The van der Waals surface area contributed by atoms with E-state index < -0.39 is 0 Å². The van der Waals surface area contributed by atoms with Gasteiger partial charge in [0.1, 0.15) is 0 Å². The number of hydrogen-bond donors (Lipinski definition) is 3. The number of hydrogen-bond acceptors (Lipinski definition) is 3. The van der Waals surface area contributed by atoms with Gasteiger partial charge in [-0.2, -0.15) is 0 Å². The topological polar surface area (TPSA) is 88.0 Å². The van der Waals surface area contributed by atoms with Crippen molar-refractivity contribution in [2.75, 3.05) is 0 Å². The molecule has 1 saturated carbocycles. The summed E-state index contributed by atoms with van der Waals surface area (Å²) in [6.45, 7) is 0.442. The zero-order chi connectivity index (χ0) is 13.0. The molecule has 2 atom stereocenters. The third-order valence-electron chi connectivity index (χ3n) is 3.50. The highest BCUT2D eigenvalue weighted by atomic mass is 16.1. The molecule has 5 heteroatoms. The second-order valence-corrected chi connectivity index (χ2v) is 4.90. The molecule has 2 rings (SSSR count). The lowest BCUT2D eigenvalue weighted by molar-refractivity contribution is -0.122. The first-order valence-corrected chi connectivity index (χ1v) is 6.35. The van der Waals surface area contributed by atoms with Crippen LogP contribution in [-0.4, -0.2) is 16.9 Å². The SMILES string of the molecule is N[C@@H]1CCC[C@H]1CC(=O)NCc1ccc(=O)[nH]c1. The molecule has 1 fully saturated rings. The highest BCUT2D eigenvalue weighted by Crippen LogP contribution is 2.26. The summed E-state index contributed by atoms with van der Waals surface area (Å²) in [6.07, 6.45) is 5.32. The van der Waals surface area contributed by atoms with Crippen LogP contribution in [0.25, 0.3) is 0 Å². The fourth-order valence-electron chi connectivity index (χ4n) is 2.38. The van der Waals surface area contributed by atoms with Gasteiger partial charge in [-0.15, -0.1) is 0 Å². The highest BCUT2D eigenvalue weighted by molar-refractivity contribution is 5.76. The summed E-state index contributed by atoms with van der Waals surface area (Å²) < 4.78 is 0. The molecule has 0 radical (unpaired) electrons. The van der Waals surface area contributed by atoms with E-state index in [0.29, 0.717) is 18.9 Å². The average molecular weight is 249 g/mol. The Labute approximate surface area is 106 Å². The Hall–Kier alpha value is -1.62. The monoisotopic (exact) mass is 249 g/mol. The molecule has 4 N–H and O–H groups in total. The van der Waals surface area contributed by atoms with Gasteiger partial charge in [-0.25, -0.2) is 0 Å². The van der Waals surface area contributed by atoms with Crippen molar-refractivity contribution in [2.24, 2.45) is 11.7 Å². The Morgan fingerprint density at radius 2 is 2.28 bits per heavy atom. The number of carbonyl (C=O) groups excluding carboxylic acids is 1. The Balaban J connectivity index is 1.77. The Kier molecular flexibility index (Phi) is 4.15. The zero-order valence-corrected chi connectivity index (χ0v) is 10.3. The maximum absolute atomic E-state index is 11.7. The van der Waals surface area contributed by atoms with Gasteiger partial charge in [0.05, 0.1) is 0 Å². The molecule has 5 nitrogen and oxygen atoms in total. The fourth-order valence-corrected chi connectivity index (χ4v) is 2.38. The van der Waals surface area contributed by atoms with E-state index in [9.17, 15) is 9.59 Å². The van der Waals surface area contributed by atoms with Crippen LogP contribution in [0.1, 0.15) is 31.2 Å². The van der Waals surface area contributed by atoms with Crippen molar-refractivity contribution in [3.8, 4) is 0 Å². The van der Waals surface area contributed by atoms with Gasteiger partial charge in [-0.3, -0.25) is 9.59 Å². The molecule has 1 aliphatic carbocycles. The summed E-state index contributed by atoms with van der Waals surface area (Å²) in [6, 6.07) is 3.33. The minimum atomic E-state index is -0.137. The van der Waals surface area contributed by atoms with E-state index in [1.54, 1.807) is 12.3 Å². The first kappa shape index (κ1) is 12.8. The van der Waals surface area contributed by atoms with E-state index in [4.69, 9.17) is 5.73 Å². The first-order valence-electron chi connectivity index (χ1n) is 6.35. The van der Waals surface area contributed by atoms with Crippen LogP contribution in [0.2, 0.25) is 0 Å². The summed E-state index contributed by atoms with van der Waals surface area (Å²) in [5.74, 6) is 0.351. The van der Waals surface area contributed by atoms with Gasteiger partial charge in [0.25, 0.3) is 0 Å². The maximum Gasteiger partial charge on any atom is 0.247 e. The molecular formula is C13H19N3O2. The van der Waals surface area contributed by atoms with E-state index in [1.165, 1.54) is 6.07 Å². The molecule has 1 aromatic heterocycles. The van der Waals surface area contributed by atoms with E-state index in [1.807, 2.05) is 0 Å². The molecule has 0 aromatic carbocycles. The minimum Gasteiger partial charge on any atom is -0.352 e. The minimum absolute atomic E-state index is 0.0311. The van der Waals surface area contributed by atoms with Gasteiger partial charge in [0, 0.05) is 31.3 Å². The molecule has 0 unspecified atom stereocenters. The molecule has 1 heterocycles. The highest BCUT2D eigenvalue weighted by Gasteiger charge is 2.25. The molecule has 0 aliphatic heterocycles. The standard InChI is InChI=1S/C13H19N3O2/c14-11-3-1-2-10(11)6-13(18)16-8-9-4-5-12(17)15-7-9/h4-5,7,10-11H,1-3,6,8,14H2,(H,15,17)(H,16,18)/t10-,11+/m0/s1. The molecule has 1 amide bonds.